The second-order valence-corrected chi connectivity index (χ2v) is 8.32. The van der Waals surface area contributed by atoms with E-state index in [2.05, 4.69) is 41.4 Å². The normalized spacial score (nSPS) is 11.1. The number of aromatic nitrogens is 2. The fourth-order valence-corrected chi connectivity index (χ4v) is 2.96. The van der Waals surface area contributed by atoms with Gasteiger partial charge in [0.2, 0.25) is 5.95 Å². The maximum atomic E-state index is 12.6. The number of anilines is 2. The number of nitrogens with one attached hydrogen (secondary N) is 2. The zero-order valence-corrected chi connectivity index (χ0v) is 17.9. The summed E-state index contributed by atoms with van der Waals surface area (Å²) in [6.07, 6.45) is 0. The zero-order chi connectivity index (χ0) is 21.9. The highest BCUT2D eigenvalue weighted by Crippen LogP contribution is 2.22. The molecule has 3 aromatic rings. The molecular weight excluding hydrogens is 376 g/mol. The molecule has 0 unspecified atom stereocenters. The second-order valence-electron chi connectivity index (χ2n) is 8.32. The molecule has 0 spiro atoms. The molecule has 0 atom stereocenters. The van der Waals surface area contributed by atoms with Crippen LogP contribution < -0.4 is 10.6 Å². The summed E-state index contributed by atoms with van der Waals surface area (Å²) in [5, 5.41) is 5.47. The summed E-state index contributed by atoms with van der Waals surface area (Å²) in [6, 6.07) is 16.4. The zero-order valence-electron chi connectivity index (χ0n) is 17.9. The van der Waals surface area contributed by atoms with Gasteiger partial charge in [-0.05, 0) is 49.1 Å². The highest BCUT2D eigenvalue weighted by molar-refractivity contribution is 6.05. The van der Waals surface area contributed by atoms with Crippen molar-refractivity contribution in [3.63, 3.8) is 0 Å². The average Bonchev–Trinajstić information content (AvgIpc) is 2.67. The van der Waals surface area contributed by atoms with E-state index < -0.39 is 0 Å². The number of carbonyl (C=O) groups is 2. The van der Waals surface area contributed by atoms with Gasteiger partial charge < -0.3 is 5.32 Å². The molecule has 0 fully saturated rings. The number of aryl methyl sites for hydroxylation is 2. The minimum atomic E-state index is -0.306. The molecule has 3 rings (SSSR count). The third-order valence-electron chi connectivity index (χ3n) is 4.61. The van der Waals surface area contributed by atoms with Gasteiger partial charge in [0.25, 0.3) is 11.8 Å². The van der Waals surface area contributed by atoms with Crippen molar-refractivity contribution in [2.75, 3.05) is 10.6 Å². The van der Waals surface area contributed by atoms with Crippen molar-refractivity contribution in [3.8, 4) is 0 Å². The first-order valence-electron chi connectivity index (χ1n) is 9.77. The van der Waals surface area contributed by atoms with Crippen molar-refractivity contribution in [2.45, 2.75) is 40.0 Å². The smallest absolute Gasteiger partial charge is 0.258 e. The van der Waals surface area contributed by atoms with Crippen LogP contribution in [0.25, 0.3) is 0 Å². The molecule has 0 aliphatic rings. The molecule has 6 heteroatoms. The third-order valence-corrected chi connectivity index (χ3v) is 4.61. The van der Waals surface area contributed by atoms with Crippen LogP contribution >= 0.6 is 0 Å². The monoisotopic (exact) mass is 402 g/mol. The van der Waals surface area contributed by atoms with Crippen LogP contribution in [0.4, 0.5) is 11.8 Å². The van der Waals surface area contributed by atoms with E-state index >= 15 is 0 Å². The molecule has 0 radical (unpaired) electrons. The minimum Gasteiger partial charge on any atom is -0.306 e. The van der Waals surface area contributed by atoms with Crippen LogP contribution in [0.15, 0.2) is 54.6 Å². The average molecular weight is 402 g/mol. The number of hydrogen-bond acceptors (Lipinski definition) is 4. The maximum Gasteiger partial charge on any atom is 0.258 e. The van der Waals surface area contributed by atoms with Crippen LogP contribution in [-0.4, -0.2) is 21.8 Å². The predicted octanol–water partition coefficient (Wildman–Crippen LogP) is 4.90. The molecule has 30 heavy (non-hydrogen) atoms. The molecule has 0 saturated heterocycles. The lowest BCUT2D eigenvalue weighted by atomic mass is 9.87. The molecule has 0 bridgehead atoms. The first kappa shape index (κ1) is 21.2. The van der Waals surface area contributed by atoms with Crippen molar-refractivity contribution < 1.29 is 9.59 Å². The summed E-state index contributed by atoms with van der Waals surface area (Å²) in [7, 11) is 0. The largest absolute Gasteiger partial charge is 0.306 e. The van der Waals surface area contributed by atoms with Crippen LogP contribution in [0, 0.1) is 13.8 Å². The van der Waals surface area contributed by atoms with E-state index in [4.69, 9.17) is 0 Å². The van der Waals surface area contributed by atoms with E-state index in [1.165, 1.54) is 0 Å². The summed E-state index contributed by atoms with van der Waals surface area (Å²) in [5.41, 5.74) is 3.83. The number of rotatable bonds is 4. The van der Waals surface area contributed by atoms with Crippen molar-refractivity contribution in [2.24, 2.45) is 0 Å². The molecule has 1 aromatic heterocycles. The molecule has 0 aliphatic carbocycles. The first-order valence-corrected chi connectivity index (χ1v) is 9.77. The number of amides is 2. The van der Waals surface area contributed by atoms with E-state index in [0.717, 1.165) is 11.1 Å². The molecule has 2 amide bonds. The highest BCUT2D eigenvalue weighted by Gasteiger charge is 2.15. The molecular formula is C24H26N4O2. The third kappa shape index (κ3) is 5.29. The van der Waals surface area contributed by atoms with Crippen LogP contribution in [-0.2, 0) is 5.41 Å². The van der Waals surface area contributed by atoms with Gasteiger partial charge in [0, 0.05) is 22.9 Å². The van der Waals surface area contributed by atoms with Gasteiger partial charge in [-0.3, -0.25) is 14.9 Å². The maximum absolute atomic E-state index is 12.6. The van der Waals surface area contributed by atoms with Gasteiger partial charge >= 0.3 is 0 Å². The van der Waals surface area contributed by atoms with Crippen molar-refractivity contribution in [1.29, 1.82) is 0 Å². The highest BCUT2D eigenvalue weighted by atomic mass is 16.2. The molecule has 154 valence electrons. The Morgan fingerprint density at radius 1 is 0.800 bits per heavy atom. The second kappa shape index (κ2) is 8.45. The fourth-order valence-electron chi connectivity index (χ4n) is 2.96. The predicted molar refractivity (Wildman–Crippen MR) is 119 cm³/mol. The molecule has 1 heterocycles. The topological polar surface area (TPSA) is 84.0 Å². The van der Waals surface area contributed by atoms with Gasteiger partial charge in [-0.2, -0.15) is 4.98 Å². The van der Waals surface area contributed by atoms with Gasteiger partial charge in [0.1, 0.15) is 5.82 Å². The summed E-state index contributed by atoms with van der Waals surface area (Å²) in [4.78, 5) is 33.6. The van der Waals surface area contributed by atoms with Gasteiger partial charge in [-0.25, -0.2) is 4.98 Å². The van der Waals surface area contributed by atoms with Crippen LogP contribution in [0.2, 0.25) is 0 Å². The van der Waals surface area contributed by atoms with Gasteiger partial charge in [-0.1, -0.05) is 50.6 Å². The lowest BCUT2D eigenvalue weighted by molar-refractivity contribution is 0.101. The fraction of sp³-hybridized carbons (Fsp3) is 0.250. The Kier molecular flexibility index (Phi) is 5.96. The lowest BCUT2D eigenvalue weighted by Gasteiger charge is -2.19. The number of hydrogen-bond donors (Lipinski definition) is 2. The Balaban J connectivity index is 1.75. The quantitative estimate of drug-likeness (QED) is 0.650. The van der Waals surface area contributed by atoms with Crippen molar-refractivity contribution in [3.05, 3.63) is 82.5 Å². The van der Waals surface area contributed by atoms with E-state index in [9.17, 15) is 9.59 Å². The Morgan fingerprint density at radius 2 is 1.47 bits per heavy atom. The Morgan fingerprint density at radius 3 is 2.10 bits per heavy atom. The van der Waals surface area contributed by atoms with E-state index in [0.29, 0.717) is 22.6 Å². The Labute approximate surface area is 176 Å². The summed E-state index contributed by atoms with van der Waals surface area (Å²) in [5.74, 6) is -0.115. The summed E-state index contributed by atoms with van der Waals surface area (Å²) >= 11 is 0. The van der Waals surface area contributed by atoms with Gasteiger partial charge in [0.05, 0.1) is 0 Å². The van der Waals surface area contributed by atoms with Crippen molar-refractivity contribution >= 4 is 23.6 Å². The van der Waals surface area contributed by atoms with E-state index in [1.807, 2.05) is 31.2 Å². The Hall–Kier alpha value is -3.54. The summed E-state index contributed by atoms with van der Waals surface area (Å²) in [6.45, 7) is 10.1. The van der Waals surface area contributed by atoms with Crippen LogP contribution in [0.5, 0.6) is 0 Å². The van der Waals surface area contributed by atoms with Gasteiger partial charge in [-0.15, -0.1) is 0 Å². The lowest BCUT2D eigenvalue weighted by Crippen LogP contribution is -2.18. The number of carbonyl (C=O) groups excluding carboxylic acids is 2. The number of benzene rings is 2. The van der Waals surface area contributed by atoms with Gasteiger partial charge in [0.15, 0.2) is 0 Å². The number of nitrogens with zero attached hydrogens (tertiary/aromatic N) is 2. The first-order chi connectivity index (χ1) is 14.1. The summed E-state index contributed by atoms with van der Waals surface area (Å²) < 4.78 is 0. The SMILES string of the molecule is Cc1cccc(C(=O)Nc2nc(C)cc(NC(=O)c3ccc(C(C)(C)C)cc3)n2)c1. The van der Waals surface area contributed by atoms with Crippen LogP contribution in [0.3, 0.4) is 0 Å². The van der Waals surface area contributed by atoms with Crippen molar-refractivity contribution in [1.82, 2.24) is 9.97 Å². The molecule has 2 N–H and O–H groups in total. The van der Waals surface area contributed by atoms with E-state index in [1.54, 1.807) is 37.3 Å². The molecule has 0 aliphatic heterocycles. The minimum absolute atomic E-state index is 0.0170. The molecule has 0 saturated carbocycles. The van der Waals surface area contributed by atoms with E-state index in [-0.39, 0.29) is 23.2 Å². The molecule has 6 nitrogen and oxygen atoms in total. The Bertz CT molecular complexity index is 1080. The molecule has 2 aromatic carbocycles. The van der Waals surface area contributed by atoms with Crippen LogP contribution in [0.1, 0.15) is 58.3 Å². The standard InChI is InChI=1S/C24H26N4O2/c1-15-7-6-8-18(13-15)22(30)28-23-25-16(2)14-20(27-23)26-21(29)17-9-11-19(12-10-17)24(3,4)5/h6-14H,1-5H3,(H2,25,26,27,28,29,30).